The molecule has 3 nitrogen and oxygen atoms in total. The third-order valence-corrected chi connectivity index (χ3v) is 5.23. The Balaban J connectivity index is 1.65. The summed E-state index contributed by atoms with van der Waals surface area (Å²) in [5.41, 5.74) is 2.32. The number of rotatable bonds is 6. The predicted molar refractivity (Wildman–Crippen MR) is 109 cm³/mol. The molecule has 0 radical (unpaired) electrons. The Labute approximate surface area is 162 Å². The van der Waals surface area contributed by atoms with Crippen LogP contribution in [0.25, 0.3) is 10.8 Å². The number of amides is 1. The van der Waals surface area contributed by atoms with Crippen molar-refractivity contribution in [2.24, 2.45) is 0 Å². The zero-order valence-corrected chi connectivity index (χ0v) is 16.5. The van der Waals surface area contributed by atoms with E-state index in [1.165, 1.54) is 5.56 Å². The van der Waals surface area contributed by atoms with Gasteiger partial charge in [0.25, 0.3) is 5.91 Å². The molecule has 1 atom stereocenters. The maximum Gasteiger partial charge on any atom is 0.258 e. The average Bonchev–Trinajstić information content (AvgIpc) is 2.66. The van der Waals surface area contributed by atoms with E-state index < -0.39 is 0 Å². The quantitative estimate of drug-likeness (QED) is 0.576. The minimum Gasteiger partial charge on any atom is -0.483 e. The molecule has 0 aliphatic rings. The fraction of sp³-hybridized carbons (Fsp3) is 0.227. The molecule has 0 bridgehead atoms. The minimum atomic E-state index is -0.127. The van der Waals surface area contributed by atoms with Crippen LogP contribution in [0.1, 0.15) is 30.5 Å². The molecule has 3 aromatic carbocycles. The van der Waals surface area contributed by atoms with Gasteiger partial charge in [-0.15, -0.1) is 0 Å². The number of carbonyl (C=O) groups excluding carboxylic acids is 1. The molecule has 3 rings (SSSR count). The van der Waals surface area contributed by atoms with Crippen molar-refractivity contribution in [1.29, 1.82) is 0 Å². The second kappa shape index (κ2) is 8.37. The van der Waals surface area contributed by atoms with Crippen LogP contribution < -0.4 is 10.1 Å². The number of halogens is 1. The highest BCUT2D eigenvalue weighted by molar-refractivity contribution is 9.10. The smallest absolute Gasteiger partial charge is 0.258 e. The maximum absolute atomic E-state index is 12.3. The molecular weight excluding hydrogens is 390 g/mol. The van der Waals surface area contributed by atoms with Crippen molar-refractivity contribution < 1.29 is 9.53 Å². The van der Waals surface area contributed by atoms with E-state index in [1.807, 2.05) is 36.4 Å². The van der Waals surface area contributed by atoms with Gasteiger partial charge in [-0.2, -0.15) is 0 Å². The van der Waals surface area contributed by atoms with Gasteiger partial charge < -0.3 is 10.1 Å². The lowest BCUT2D eigenvalue weighted by Crippen LogP contribution is -2.32. The number of ether oxygens (including phenoxy) is 1. The highest BCUT2D eigenvalue weighted by Gasteiger charge is 2.14. The fourth-order valence-electron chi connectivity index (χ4n) is 2.92. The maximum atomic E-state index is 12.3. The third kappa shape index (κ3) is 4.25. The first kappa shape index (κ1) is 18.5. The van der Waals surface area contributed by atoms with Crippen LogP contribution in [-0.4, -0.2) is 12.5 Å². The van der Waals surface area contributed by atoms with Crippen LogP contribution in [0, 0.1) is 6.92 Å². The second-order valence-electron chi connectivity index (χ2n) is 6.33. The molecule has 0 aliphatic heterocycles. The summed E-state index contributed by atoms with van der Waals surface area (Å²) in [7, 11) is 0. The first-order valence-electron chi connectivity index (χ1n) is 8.74. The number of nitrogens with one attached hydrogen (secondary N) is 1. The molecule has 0 aliphatic carbocycles. The van der Waals surface area contributed by atoms with E-state index in [4.69, 9.17) is 4.74 Å². The van der Waals surface area contributed by atoms with Gasteiger partial charge in [0.15, 0.2) is 6.61 Å². The van der Waals surface area contributed by atoms with Crippen molar-refractivity contribution in [3.63, 3.8) is 0 Å². The molecular formula is C22H22BrNO2. The summed E-state index contributed by atoms with van der Waals surface area (Å²) >= 11 is 3.58. The number of aryl methyl sites for hydroxylation is 1. The Hall–Kier alpha value is -2.33. The highest BCUT2D eigenvalue weighted by atomic mass is 79.9. The van der Waals surface area contributed by atoms with Gasteiger partial charge in [0.2, 0.25) is 0 Å². The van der Waals surface area contributed by atoms with Gasteiger partial charge >= 0.3 is 0 Å². The van der Waals surface area contributed by atoms with Gasteiger partial charge in [-0.1, -0.05) is 67.1 Å². The zero-order chi connectivity index (χ0) is 18.5. The molecule has 0 spiro atoms. The number of hydrogen-bond acceptors (Lipinski definition) is 2. The highest BCUT2D eigenvalue weighted by Crippen LogP contribution is 2.33. The molecule has 26 heavy (non-hydrogen) atoms. The van der Waals surface area contributed by atoms with Crippen LogP contribution in [-0.2, 0) is 4.79 Å². The van der Waals surface area contributed by atoms with Crippen LogP contribution in [0.2, 0.25) is 0 Å². The third-order valence-electron chi connectivity index (χ3n) is 4.41. The summed E-state index contributed by atoms with van der Waals surface area (Å²) in [6, 6.07) is 20.2. The van der Waals surface area contributed by atoms with Gasteiger partial charge in [0.05, 0.1) is 10.5 Å². The molecule has 0 aromatic heterocycles. The first-order valence-corrected chi connectivity index (χ1v) is 9.53. The van der Waals surface area contributed by atoms with Gasteiger partial charge in [-0.3, -0.25) is 4.79 Å². The monoisotopic (exact) mass is 411 g/mol. The van der Waals surface area contributed by atoms with E-state index in [1.54, 1.807) is 0 Å². The Morgan fingerprint density at radius 3 is 2.54 bits per heavy atom. The fourth-order valence-corrected chi connectivity index (χ4v) is 3.53. The number of benzene rings is 3. The molecule has 4 heteroatoms. The molecule has 134 valence electrons. The molecule has 0 heterocycles. The van der Waals surface area contributed by atoms with E-state index in [0.717, 1.165) is 27.2 Å². The summed E-state index contributed by atoms with van der Waals surface area (Å²) in [6.45, 7) is 4.10. The van der Waals surface area contributed by atoms with Crippen LogP contribution >= 0.6 is 15.9 Å². The molecule has 0 saturated carbocycles. The normalized spacial score (nSPS) is 12.0. The van der Waals surface area contributed by atoms with Crippen molar-refractivity contribution in [3.05, 3.63) is 76.3 Å². The summed E-state index contributed by atoms with van der Waals surface area (Å²) in [4.78, 5) is 12.3. The van der Waals surface area contributed by atoms with Gasteiger partial charge in [0.1, 0.15) is 5.75 Å². The van der Waals surface area contributed by atoms with E-state index in [0.29, 0.717) is 5.75 Å². The summed E-state index contributed by atoms with van der Waals surface area (Å²) in [6.07, 6.45) is 0.828. The standard InChI is InChI=1S/C22H22BrNO2/c1-3-19(17-10-8-15(2)9-11-17)24-21(25)14-26-20-13-12-16-6-4-5-7-18(16)22(20)23/h4-13,19H,3,14H2,1-2H3,(H,24,25)/t19-/m1/s1. The molecule has 0 unspecified atom stereocenters. The summed E-state index contributed by atoms with van der Waals surface area (Å²) < 4.78 is 6.62. The minimum absolute atomic E-state index is 0.00764. The largest absolute Gasteiger partial charge is 0.483 e. The average molecular weight is 412 g/mol. The van der Waals surface area contributed by atoms with E-state index >= 15 is 0 Å². The van der Waals surface area contributed by atoms with Gasteiger partial charge in [-0.25, -0.2) is 0 Å². The van der Waals surface area contributed by atoms with Crippen molar-refractivity contribution in [1.82, 2.24) is 5.32 Å². The van der Waals surface area contributed by atoms with Crippen molar-refractivity contribution in [2.45, 2.75) is 26.3 Å². The lowest BCUT2D eigenvalue weighted by atomic mass is 10.0. The van der Waals surface area contributed by atoms with Crippen LogP contribution in [0.3, 0.4) is 0 Å². The topological polar surface area (TPSA) is 38.3 Å². The Morgan fingerprint density at radius 1 is 1.08 bits per heavy atom. The van der Waals surface area contributed by atoms with Crippen LogP contribution in [0.4, 0.5) is 0 Å². The lowest BCUT2D eigenvalue weighted by Gasteiger charge is -2.18. The Bertz CT molecular complexity index is 906. The molecule has 3 aromatic rings. The molecule has 0 saturated heterocycles. The molecule has 0 fully saturated rings. The predicted octanol–water partition coefficient (Wildman–Crippen LogP) is 5.56. The second-order valence-corrected chi connectivity index (χ2v) is 7.12. The number of fused-ring (bicyclic) bond motifs is 1. The molecule has 1 N–H and O–H groups in total. The van der Waals surface area contributed by atoms with E-state index in [-0.39, 0.29) is 18.6 Å². The number of carbonyl (C=O) groups is 1. The lowest BCUT2D eigenvalue weighted by molar-refractivity contribution is -0.123. The van der Waals surface area contributed by atoms with Crippen molar-refractivity contribution in [2.75, 3.05) is 6.61 Å². The summed E-state index contributed by atoms with van der Waals surface area (Å²) in [5.74, 6) is 0.541. The summed E-state index contributed by atoms with van der Waals surface area (Å²) in [5, 5.41) is 5.24. The molecule has 1 amide bonds. The van der Waals surface area contributed by atoms with Gasteiger partial charge in [-0.05, 0) is 51.7 Å². The van der Waals surface area contributed by atoms with Crippen LogP contribution in [0.15, 0.2) is 65.1 Å². The van der Waals surface area contributed by atoms with Crippen LogP contribution in [0.5, 0.6) is 5.75 Å². The van der Waals surface area contributed by atoms with E-state index in [9.17, 15) is 4.79 Å². The Morgan fingerprint density at radius 2 is 1.81 bits per heavy atom. The van der Waals surface area contributed by atoms with Crippen molar-refractivity contribution >= 4 is 32.6 Å². The zero-order valence-electron chi connectivity index (χ0n) is 15.0. The van der Waals surface area contributed by atoms with Crippen molar-refractivity contribution in [3.8, 4) is 5.75 Å². The van der Waals surface area contributed by atoms with Gasteiger partial charge in [0, 0.05) is 0 Å². The van der Waals surface area contributed by atoms with E-state index in [2.05, 4.69) is 59.4 Å². The number of hydrogen-bond donors (Lipinski definition) is 1. The Kier molecular flexibility index (Phi) is 5.94. The first-order chi connectivity index (χ1) is 12.6. The SMILES string of the molecule is CC[C@@H](NC(=O)COc1ccc2ccccc2c1Br)c1ccc(C)cc1.